The predicted octanol–water partition coefficient (Wildman–Crippen LogP) is 2.38. The van der Waals surface area contributed by atoms with Crippen molar-refractivity contribution in [3.8, 4) is 0 Å². The molecule has 2 aromatic heterocycles. The maximum absolute atomic E-state index is 12.1. The fraction of sp³-hybridized carbons (Fsp3) is 0.308. The summed E-state index contributed by atoms with van der Waals surface area (Å²) >= 11 is 1.41. The molecule has 5 nitrogen and oxygen atoms in total. The van der Waals surface area contributed by atoms with Gasteiger partial charge in [0.1, 0.15) is 5.69 Å². The molecule has 2 aromatic rings. The lowest BCUT2D eigenvalue weighted by Crippen LogP contribution is -2.16. The summed E-state index contributed by atoms with van der Waals surface area (Å²) in [5.74, 6) is -0.226. The molecule has 2 heterocycles. The summed E-state index contributed by atoms with van der Waals surface area (Å²) in [5.41, 5.74) is 2.20. The Morgan fingerprint density at radius 1 is 1.47 bits per heavy atom. The summed E-state index contributed by atoms with van der Waals surface area (Å²) in [6.45, 7) is 3.88. The second-order valence-corrected chi connectivity index (χ2v) is 5.07. The molecule has 0 bridgehead atoms. The molecular formula is C13H16N4OS. The first-order chi connectivity index (χ1) is 9.11. The second kappa shape index (κ2) is 5.90. The van der Waals surface area contributed by atoms with E-state index in [1.54, 1.807) is 6.20 Å². The van der Waals surface area contributed by atoms with Crippen molar-refractivity contribution in [3.05, 3.63) is 40.7 Å². The molecule has 1 atom stereocenters. The number of pyridine rings is 1. The minimum atomic E-state index is -0.226. The van der Waals surface area contributed by atoms with Crippen molar-refractivity contribution in [2.24, 2.45) is 0 Å². The predicted molar refractivity (Wildman–Crippen MR) is 76.5 cm³/mol. The fourth-order valence-electron chi connectivity index (χ4n) is 1.57. The lowest BCUT2D eigenvalue weighted by molar-refractivity contribution is 0.102. The zero-order valence-electron chi connectivity index (χ0n) is 11.1. The Kier molecular flexibility index (Phi) is 4.24. The first-order valence-electron chi connectivity index (χ1n) is 5.97. The quantitative estimate of drug-likeness (QED) is 0.899. The number of anilines is 1. The number of carbonyl (C=O) groups excluding carboxylic acids is 1. The van der Waals surface area contributed by atoms with Gasteiger partial charge in [-0.15, -0.1) is 11.3 Å². The number of nitrogens with one attached hydrogen (secondary N) is 2. The number of amides is 1. The maximum Gasteiger partial charge on any atom is 0.276 e. The van der Waals surface area contributed by atoms with Crippen LogP contribution in [0.25, 0.3) is 0 Å². The van der Waals surface area contributed by atoms with Gasteiger partial charge < -0.3 is 5.32 Å². The number of aryl methyl sites for hydroxylation is 1. The van der Waals surface area contributed by atoms with Crippen molar-refractivity contribution < 1.29 is 4.79 Å². The van der Waals surface area contributed by atoms with E-state index >= 15 is 0 Å². The lowest BCUT2D eigenvalue weighted by atomic mass is 10.2. The van der Waals surface area contributed by atoms with E-state index in [1.807, 2.05) is 38.4 Å². The summed E-state index contributed by atoms with van der Waals surface area (Å²) in [5, 5.41) is 8.41. The smallest absolute Gasteiger partial charge is 0.276 e. The molecule has 100 valence electrons. The highest BCUT2D eigenvalue weighted by Gasteiger charge is 2.13. The zero-order valence-corrected chi connectivity index (χ0v) is 11.9. The maximum atomic E-state index is 12.1. The topological polar surface area (TPSA) is 66.9 Å². The molecule has 0 aliphatic carbocycles. The van der Waals surface area contributed by atoms with E-state index in [0.29, 0.717) is 10.8 Å². The van der Waals surface area contributed by atoms with Crippen LogP contribution in [-0.4, -0.2) is 22.9 Å². The number of carbonyl (C=O) groups is 1. The van der Waals surface area contributed by atoms with Gasteiger partial charge in [0.15, 0.2) is 5.13 Å². The van der Waals surface area contributed by atoms with Crippen LogP contribution in [0.3, 0.4) is 0 Å². The van der Waals surface area contributed by atoms with Gasteiger partial charge in [0.25, 0.3) is 5.91 Å². The van der Waals surface area contributed by atoms with Crippen molar-refractivity contribution in [3.63, 3.8) is 0 Å². The third-order valence-corrected chi connectivity index (χ3v) is 3.62. The number of rotatable bonds is 4. The SMILES string of the molecule is CNC(C)c1csc(NC(=O)c2ncccc2C)n1. The Morgan fingerprint density at radius 2 is 2.26 bits per heavy atom. The Hall–Kier alpha value is -1.79. The highest BCUT2D eigenvalue weighted by molar-refractivity contribution is 7.14. The van der Waals surface area contributed by atoms with Crippen LogP contribution in [0, 0.1) is 6.92 Å². The van der Waals surface area contributed by atoms with Crippen LogP contribution >= 0.6 is 11.3 Å². The molecule has 0 aromatic carbocycles. The number of hydrogen-bond donors (Lipinski definition) is 2. The van der Waals surface area contributed by atoms with Gasteiger partial charge in [0.2, 0.25) is 0 Å². The van der Waals surface area contributed by atoms with Crippen LogP contribution in [0.5, 0.6) is 0 Å². The largest absolute Gasteiger partial charge is 0.312 e. The normalized spacial score (nSPS) is 12.2. The van der Waals surface area contributed by atoms with E-state index in [1.165, 1.54) is 11.3 Å². The minimum absolute atomic E-state index is 0.165. The van der Waals surface area contributed by atoms with E-state index in [9.17, 15) is 4.79 Å². The number of aromatic nitrogens is 2. The molecule has 0 aliphatic rings. The molecule has 0 saturated carbocycles. The molecular weight excluding hydrogens is 260 g/mol. The summed E-state index contributed by atoms with van der Waals surface area (Å²) in [7, 11) is 1.87. The van der Waals surface area contributed by atoms with Crippen molar-refractivity contribution in [2.75, 3.05) is 12.4 Å². The Labute approximate surface area is 116 Å². The first kappa shape index (κ1) is 13.6. The summed E-state index contributed by atoms with van der Waals surface area (Å²) in [6.07, 6.45) is 1.61. The van der Waals surface area contributed by atoms with E-state index < -0.39 is 0 Å². The van der Waals surface area contributed by atoms with Crippen LogP contribution in [-0.2, 0) is 0 Å². The summed E-state index contributed by atoms with van der Waals surface area (Å²) in [6, 6.07) is 3.83. The molecule has 0 spiro atoms. The second-order valence-electron chi connectivity index (χ2n) is 4.21. The van der Waals surface area contributed by atoms with Crippen LogP contribution < -0.4 is 10.6 Å². The van der Waals surface area contributed by atoms with Crippen molar-refractivity contribution in [1.29, 1.82) is 0 Å². The Bertz CT molecular complexity index is 582. The molecule has 0 aliphatic heterocycles. The van der Waals surface area contributed by atoms with Crippen LogP contribution in [0.15, 0.2) is 23.7 Å². The molecule has 19 heavy (non-hydrogen) atoms. The van der Waals surface area contributed by atoms with Crippen LogP contribution in [0.1, 0.15) is 34.7 Å². The van der Waals surface area contributed by atoms with Gasteiger partial charge in [-0.1, -0.05) is 6.07 Å². The molecule has 2 rings (SSSR count). The van der Waals surface area contributed by atoms with E-state index in [2.05, 4.69) is 20.6 Å². The first-order valence-corrected chi connectivity index (χ1v) is 6.85. The molecule has 0 fully saturated rings. The monoisotopic (exact) mass is 276 g/mol. The number of hydrogen-bond acceptors (Lipinski definition) is 5. The third-order valence-electron chi connectivity index (χ3n) is 2.84. The number of thiazole rings is 1. The highest BCUT2D eigenvalue weighted by atomic mass is 32.1. The Morgan fingerprint density at radius 3 is 2.95 bits per heavy atom. The molecule has 1 amide bonds. The summed E-state index contributed by atoms with van der Waals surface area (Å²) < 4.78 is 0. The van der Waals surface area contributed by atoms with Crippen LogP contribution in [0.2, 0.25) is 0 Å². The average Bonchev–Trinajstić information content (AvgIpc) is 2.86. The van der Waals surface area contributed by atoms with Gasteiger partial charge in [-0.2, -0.15) is 0 Å². The standard InChI is InChI=1S/C13H16N4OS/c1-8-5-4-6-15-11(8)12(18)17-13-16-10(7-19-13)9(2)14-3/h4-7,9,14H,1-3H3,(H,16,17,18). The van der Waals surface area contributed by atoms with Gasteiger partial charge in [-0.05, 0) is 32.5 Å². The van der Waals surface area contributed by atoms with E-state index in [-0.39, 0.29) is 11.9 Å². The van der Waals surface area contributed by atoms with Crippen molar-refractivity contribution in [2.45, 2.75) is 19.9 Å². The highest BCUT2D eigenvalue weighted by Crippen LogP contribution is 2.20. The molecule has 0 saturated heterocycles. The van der Waals surface area contributed by atoms with Gasteiger partial charge >= 0.3 is 0 Å². The lowest BCUT2D eigenvalue weighted by Gasteiger charge is -2.05. The van der Waals surface area contributed by atoms with E-state index in [0.717, 1.165) is 11.3 Å². The molecule has 0 radical (unpaired) electrons. The average molecular weight is 276 g/mol. The van der Waals surface area contributed by atoms with Crippen molar-refractivity contribution >= 4 is 22.4 Å². The van der Waals surface area contributed by atoms with Gasteiger partial charge in [-0.3, -0.25) is 15.1 Å². The summed E-state index contributed by atoms with van der Waals surface area (Å²) in [4.78, 5) is 20.5. The third kappa shape index (κ3) is 3.15. The molecule has 2 N–H and O–H groups in total. The van der Waals surface area contributed by atoms with Gasteiger partial charge in [0.05, 0.1) is 5.69 Å². The van der Waals surface area contributed by atoms with E-state index in [4.69, 9.17) is 0 Å². The molecule has 6 heteroatoms. The van der Waals surface area contributed by atoms with Gasteiger partial charge in [-0.25, -0.2) is 4.98 Å². The van der Waals surface area contributed by atoms with Crippen molar-refractivity contribution in [1.82, 2.24) is 15.3 Å². The number of nitrogens with zero attached hydrogens (tertiary/aromatic N) is 2. The van der Waals surface area contributed by atoms with Crippen LogP contribution in [0.4, 0.5) is 5.13 Å². The Balaban J connectivity index is 2.11. The molecule has 1 unspecified atom stereocenters. The fourth-order valence-corrected chi connectivity index (χ4v) is 2.37. The minimum Gasteiger partial charge on any atom is -0.312 e. The zero-order chi connectivity index (χ0) is 13.8. The van der Waals surface area contributed by atoms with Gasteiger partial charge in [0, 0.05) is 17.6 Å².